The zero-order valence-electron chi connectivity index (χ0n) is 23.7. The first-order valence-corrected chi connectivity index (χ1v) is 14.5. The van der Waals surface area contributed by atoms with Crippen molar-refractivity contribution in [1.29, 1.82) is 0 Å². The Morgan fingerprint density at radius 2 is 1.90 bits per heavy atom. The maximum Gasteiger partial charge on any atom is 0.313 e. The first-order chi connectivity index (χ1) is 19.8. The Bertz CT molecular complexity index is 1420. The lowest BCUT2D eigenvalue weighted by atomic mass is 9.73. The molecule has 1 unspecified atom stereocenters. The fourth-order valence-corrected chi connectivity index (χ4v) is 7.24. The summed E-state index contributed by atoms with van der Waals surface area (Å²) in [4.78, 5) is 45.9. The molecule has 11 heteroatoms. The molecule has 6 atom stereocenters. The lowest BCUT2D eigenvalue weighted by Gasteiger charge is -2.41. The van der Waals surface area contributed by atoms with Gasteiger partial charge >= 0.3 is 5.97 Å². The van der Waals surface area contributed by atoms with E-state index in [4.69, 9.17) is 9.47 Å². The van der Waals surface area contributed by atoms with Gasteiger partial charge in [0.1, 0.15) is 35.3 Å². The maximum absolute atomic E-state index is 14.6. The predicted octanol–water partition coefficient (Wildman–Crippen LogP) is 2.06. The van der Waals surface area contributed by atoms with Gasteiger partial charge in [0.15, 0.2) is 0 Å². The molecule has 6 rings (SSSR count). The minimum Gasteiger partial charge on any atom is -0.465 e. The molecule has 2 aromatic rings. The van der Waals surface area contributed by atoms with E-state index in [1.807, 2.05) is 69.3 Å². The number of carbonyl (C=O) groups excluding carboxylic acids is 3. The summed E-state index contributed by atoms with van der Waals surface area (Å²) in [7, 11) is 0. The number of cyclic esters (lactones) is 1. The lowest BCUT2D eigenvalue weighted by Crippen LogP contribution is -2.59. The zero-order valence-corrected chi connectivity index (χ0v) is 23.7. The standard InChI is InChI=1S/C30H37N5O6/c1-4-29-12-7-8-15-40-28(39)24(29)23-26(37)35(20(17-36)16-19(2)3)25-27(38)33(14-9-13-30(23,25)41-29)18-34-22-11-6-5-10-21(22)31-32-34/h5-7,9-13,19-20,23-25,36H,4,8,14-18H2,1-3H3/t20-,23+,24+,25?,29-,30+/m1/s1. The highest BCUT2D eigenvalue weighted by molar-refractivity contribution is 5.99. The summed E-state index contributed by atoms with van der Waals surface area (Å²) in [6.07, 6.45) is 8.92. The average molecular weight is 564 g/mol. The van der Waals surface area contributed by atoms with Crippen molar-refractivity contribution in [2.24, 2.45) is 17.8 Å². The molecule has 0 saturated carbocycles. The summed E-state index contributed by atoms with van der Waals surface area (Å²) >= 11 is 0. The number of hydrogen-bond acceptors (Lipinski definition) is 8. The van der Waals surface area contributed by atoms with Gasteiger partial charge in [0, 0.05) is 6.54 Å². The number of nitrogens with zero attached hydrogens (tertiary/aromatic N) is 5. The van der Waals surface area contributed by atoms with Crippen LogP contribution in [0.4, 0.5) is 0 Å². The van der Waals surface area contributed by atoms with Crippen LogP contribution < -0.4 is 0 Å². The van der Waals surface area contributed by atoms with Crippen LogP contribution in [0.5, 0.6) is 0 Å². The second kappa shape index (κ2) is 10.4. The normalized spacial score (nSPS) is 32.0. The van der Waals surface area contributed by atoms with E-state index in [0.29, 0.717) is 24.8 Å². The summed E-state index contributed by atoms with van der Waals surface area (Å²) in [6, 6.07) is 5.80. The Labute approximate surface area is 238 Å². The molecule has 1 aromatic heterocycles. The summed E-state index contributed by atoms with van der Waals surface area (Å²) < 4.78 is 14.2. The highest BCUT2D eigenvalue weighted by Gasteiger charge is 2.76. The minimum absolute atomic E-state index is 0.112. The molecule has 5 heterocycles. The fraction of sp³-hybridized carbons (Fsp3) is 0.567. The number of benzene rings is 1. The third-order valence-corrected chi connectivity index (χ3v) is 9.00. The smallest absolute Gasteiger partial charge is 0.313 e. The largest absolute Gasteiger partial charge is 0.465 e. The molecule has 218 valence electrons. The van der Waals surface area contributed by atoms with Crippen LogP contribution in [0.15, 0.2) is 48.6 Å². The van der Waals surface area contributed by atoms with Crippen LogP contribution in [-0.4, -0.2) is 90.7 Å². The van der Waals surface area contributed by atoms with E-state index in [9.17, 15) is 19.5 Å². The fourth-order valence-electron chi connectivity index (χ4n) is 7.24. The zero-order chi connectivity index (χ0) is 28.9. The highest BCUT2D eigenvalue weighted by atomic mass is 16.6. The number of ether oxygens (including phenoxy) is 2. The molecule has 41 heavy (non-hydrogen) atoms. The molecule has 11 nitrogen and oxygen atoms in total. The first kappa shape index (κ1) is 27.6. The molecule has 2 amide bonds. The SMILES string of the molecule is CC[C@@]12C=CCCOC(=O)[C@@H]1[C@H]1C(=O)N([C@@H](CO)CC(C)C)C3C(=O)N(Cn4nnc5ccccc54)CC=C[C@@]31O2. The van der Waals surface area contributed by atoms with E-state index in [1.165, 1.54) is 4.90 Å². The minimum atomic E-state index is -1.41. The summed E-state index contributed by atoms with van der Waals surface area (Å²) in [6.45, 7) is 6.19. The molecule has 1 spiro atoms. The van der Waals surface area contributed by atoms with E-state index in [2.05, 4.69) is 10.3 Å². The van der Waals surface area contributed by atoms with Crippen molar-refractivity contribution in [3.8, 4) is 0 Å². The molecule has 4 aliphatic rings. The van der Waals surface area contributed by atoms with Crippen molar-refractivity contribution in [2.75, 3.05) is 19.8 Å². The number of aliphatic hydroxyl groups is 1. The van der Waals surface area contributed by atoms with E-state index >= 15 is 0 Å². The molecular weight excluding hydrogens is 526 g/mol. The van der Waals surface area contributed by atoms with Gasteiger partial charge in [0.2, 0.25) is 5.91 Å². The first-order valence-electron chi connectivity index (χ1n) is 14.5. The number of hydrogen-bond donors (Lipinski definition) is 1. The molecule has 4 aliphatic heterocycles. The Hall–Kier alpha value is -3.57. The van der Waals surface area contributed by atoms with Crippen molar-refractivity contribution >= 4 is 28.8 Å². The summed E-state index contributed by atoms with van der Waals surface area (Å²) in [5.41, 5.74) is -1.02. The van der Waals surface area contributed by atoms with Crippen LogP contribution in [0.3, 0.4) is 0 Å². The van der Waals surface area contributed by atoms with Crippen molar-refractivity contribution in [2.45, 2.75) is 70.0 Å². The molecule has 0 aliphatic carbocycles. The van der Waals surface area contributed by atoms with Gasteiger partial charge in [0.25, 0.3) is 5.91 Å². The van der Waals surface area contributed by atoms with Crippen LogP contribution in [-0.2, 0) is 30.5 Å². The molecule has 2 saturated heterocycles. The number of amides is 2. The maximum atomic E-state index is 14.6. The number of para-hydroxylation sites is 1. The third-order valence-electron chi connectivity index (χ3n) is 9.00. The van der Waals surface area contributed by atoms with Gasteiger partial charge in [-0.1, -0.05) is 62.4 Å². The Kier molecular flexibility index (Phi) is 6.97. The molecule has 0 bridgehead atoms. The summed E-state index contributed by atoms with van der Waals surface area (Å²) in [5.74, 6) is -2.94. The van der Waals surface area contributed by atoms with Gasteiger partial charge in [-0.15, -0.1) is 5.10 Å². The van der Waals surface area contributed by atoms with Gasteiger partial charge in [-0.25, -0.2) is 4.68 Å². The molecule has 1 aromatic carbocycles. The molecule has 2 fully saturated rings. The monoisotopic (exact) mass is 563 g/mol. The lowest BCUT2D eigenvalue weighted by molar-refractivity contribution is -0.164. The molecule has 1 N–H and O–H groups in total. The van der Waals surface area contributed by atoms with Gasteiger partial charge < -0.3 is 24.4 Å². The van der Waals surface area contributed by atoms with Crippen molar-refractivity contribution < 1.29 is 29.0 Å². The Balaban J connectivity index is 1.47. The number of aliphatic hydroxyl groups excluding tert-OH is 1. The van der Waals surface area contributed by atoms with Gasteiger partial charge in [-0.05, 0) is 37.3 Å². The predicted molar refractivity (Wildman–Crippen MR) is 148 cm³/mol. The second-order valence-electron chi connectivity index (χ2n) is 11.9. The number of likely N-dealkylation sites (tertiary alicyclic amines) is 1. The molecular formula is C30H37N5O6. The van der Waals surface area contributed by atoms with Crippen LogP contribution >= 0.6 is 0 Å². The van der Waals surface area contributed by atoms with E-state index < -0.39 is 41.1 Å². The van der Waals surface area contributed by atoms with Gasteiger partial charge in [-0.3, -0.25) is 14.4 Å². The van der Waals surface area contributed by atoms with Crippen LogP contribution in [0, 0.1) is 17.8 Å². The topological polar surface area (TPSA) is 127 Å². The van der Waals surface area contributed by atoms with Gasteiger partial charge in [-0.2, -0.15) is 0 Å². The molecule has 0 radical (unpaired) electrons. The summed E-state index contributed by atoms with van der Waals surface area (Å²) in [5, 5.41) is 19.0. The number of fused-ring (bicyclic) bond motifs is 3. The average Bonchev–Trinajstić information content (AvgIpc) is 3.53. The number of aromatic nitrogens is 3. The quantitative estimate of drug-likeness (QED) is 0.401. The van der Waals surface area contributed by atoms with Crippen LogP contribution in [0.25, 0.3) is 11.0 Å². The third kappa shape index (κ3) is 4.20. The second-order valence-corrected chi connectivity index (χ2v) is 11.9. The Morgan fingerprint density at radius 1 is 1.10 bits per heavy atom. The number of rotatable bonds is 7. The van der Waals surface area contributed by atoms with E-state index in [0.717, 1.165) is 5.52 Å². The van der Waals surface area contributed by atoms with Crippen molar-refractivity contribution in [1.82, 2.24) is 24.8 Å². The number of esters is 1. The van der Waals surface area contributed by atoms with Gasteiger partial charge in [0.05, 0.1) is 30.7 Å². The van der Waals surface area contributed by atoms with E-state index in [-0.39, 0.29) is 44.2 Å². The highest BCUT2D eigenvalue weighted by Crippen LogP contribution is 2.58. The number of carbonyl (C=O) groups is 3. The Morgan fingerprint density at radius 3 is 2.66 bits per heavy atom. The van der Waals surface area contributed by atoms with Crippen molar-refractivity contribution in [3.05, 3.63) is 48.6 Å². The van der Waals surface area contributed by atoms with Crippen molar-refractivity contribution in [3.63, 3.8) is 0 Å². The van der Waals surface area contributed by atoms with E-state index in [1.54, 1.807) is 9.58 Å². The van der Waals surface area contributed by atoms with Crippen LogP contribution in [0.2, 0.25) is 0 Å². The van der Waals surface area contributed by atoms with Crippen LogP contribution in [0.1, 0.15) is 40.0 Å².